The third-order valence-corrected chi connectivity index (χ3v) is 8.26. The van der Waals surface area contributed by atoms with Gasteiger partial charge in [0.05, 0.1) is 44.5 Å². The lowest BCUT2D eigenvalue weighted by atomic mass is 10.0. The van der Waals surface area contributed by atoms with E-state index >= 15 is 0 Å². The Bertz CT molecular complexity index is 2020. The molecule has 10 nitrogen and oxygen atoms in total. The first-order chi connectivity index (χ1) is 19.5. The van der Waals surface area contributed by atoms with Crippen LogP contribution in [0.3, 0.4) is 0 Å². The summed E-state index contributed by atoms with van der Waals surface area (Å²) in [7, 11) is -7.55. The molecule has 0 atom stereocenters. The van der Waals surface area contributed by atoms with E-state index in [1.807, 2.05) is 0 Å². The van der Waals surface area contributed by atoms with Gasteiger partial charge < -0.3 is 10.7 Å². The number of rotatable bonds is 5. The van der Waals surface area contributed by atoms with Crippen molar-refractivity contribution in [3.05, 3.63) is 77.1 Å². The number of anilines is 1. The van der Waals surface area contributed by atoms with Gasteiger partial charge >= 0.3 is 0 Å². The Balaban J connectivity index is 0.000000748. The van der Waals surface area contributed by atoms with Crippen LogP contribution in [0, 0.1) is 17.5 Å². The fourth-order valence-electron chi connectivity index (χ4n) is 4.01. The summed E-state index contributed by atoms with van der Waals surface area (Å²) < 4.78 is 96.0. The standard InChI is InChI=1S/C25H19ClF3N5O2S.CH4O3S/c1-12(2)37(35,36)34-20-10-13(6-9-19(20)31-25(34)30)22-23(15-8-7-14(27)11-18(15)29)33-24(32-22)21-16(26)4-3-5-17(21)28;1-5(2,3)4/h3-12H,1-2H3,(H2,30,31)(H,32,33);1H3,(H,2,3,4). The molecule has 222 valence electrons. The Labute approximate surface area is 243 Å². The molecule has 0 aliphatic heterocycles. The molecule has 5 aromatic rings. The van der Waals surface area contributed by atoms with Crippen molar-refractivity contribution in [3.8, 4) is 33.9 Å². The van der Waals surface area contributed by atoms with E-state index < -0.39 is 42.8 Å². The van der Waals surface area contributed by atoms with Gasteiger partial charge in [-0.25, -0.2) is 35.5 Å². The number of nitrogen functional groups attached to an aromatic ring is 1. The molecule has 16 heteroatoms. The second-order valence-corrected chi connectivity index (χ2v) is 13.5. The molecule has 0 saturated carbocycles. The van der Waals surface area contributed by atoms with Gasteiger partial charge in [0, 0.05) is 17.2 Å². The van der Waals surface area contributed by atoms with Crippen LogP contribution in [0.25, 0.3) is 44.9 Å². The topological polar surface area (TPSA) is 161 Å². The quantitative estimate of drug-likeness (QED) is 0.212. The first-order valence-corrected chi connectivity index (χ1v) is 15.7. The fraction of sp³-hybridized carbons (Fsp3) is 0.154. The minimum Gasteiger partial charge on any atom is -0.368 e. The molecule has 0 aliphatic carbocycles. The number of aromatic nitrogens is 4. The largest absolute Gasteiger partial charge is 0.368 e. The van der Waals surface area contributed by atoms with Crippen molar-refractivity contribution >= 4 is 48.7 Å². The summed E-state index contributed by atoms with van der Waals surface area (Å²) in [6.07, 6.45) is 0.715. The molecular weight excluding hydrogens is 619 g/mol. The average Bonchev–Trinajstić information content (AvgIpc) is 3.43. The number of hydrogen-bond donors (Lipinski definition) is 3. The summed E-state index contributed by atoms with van der Waals surface area (Å²) in [6, 6.07) is 11.7. The van der Waals surface area contributed by atoms with Crippen LogP contribution in [-0.2, 0) is 20.1 Å². The van der Waals surface area contributed by atoms with Crippen LogP contribution in [-0.4, -0.2) is 51.8 Å². The first-order valence-electron chi connectivity index (χ1n) is 11.9. The monoisotopic (exact) mass is 641 g/mol. The zero-order valence-corrected chi connectivity index (χ0v) is 24.5. The number of aromatic amines is 1. The minimum absolute atomic E-state index is 0.000236. The van der Waals surface area contributed by atoms with Gasteiger partial charge in [0.1, 0.15) is 23.3 Å². The summed E-state index contributed by atoms with van der Waals surface area (Å²) in [5, 5.41) is -0.726. The molecule has 0 spiro atoms. The van der Waals surface area contributed by atoms with Gasteiger partial charge in [0.25, 0.3) is 10.1 Å². The predicted octanol–water partition coefficient (Wildman–Crippen LogP) is 5.50. The van der Waals surface area contributed by atoms with Gasteiger partial charge in [-0.3, -0.25) is 4.55 Å². The highest BCUT2D eigenvalue weighted by atomic mass is 35.5. The van der Waals surface area contributed by atoms with E-state index in [0.717, 1.165) is 10.0 Å². The summed E-state index contributed by atoms with van der Waals surface area (Å²) >= 11 is 6.24. The van der Waals surface area contributed by atoms with Crippen molar-refractivity contribution in [2.24, 2.45) is 0 Å². The SMILES string of the molecule is CC(C)S(=O)(=O)n1c(N)nc2ccc(-c3nc(-c4c(F)cccc4Cl)[nH]c3-c3ccc(F)cc3F)cc21.CS(=O)(=O)O. The number of hydrogen-bond acceptors (Lipinski definition) is 7. The Morgan fingerprint density at radius 1 is 0.976 bits per heavy atom. The molecule has 0 unspecified atom stereocenters. The van der Waals surface area contributed by atoms with E-state index in [1.165, 1.54) is 44.2 Å². The van der Waals surface area contributed by atoms with Crippen molar-refractivity contribution < 1.29 is 34.6 Å². The molecule has 0 saturated heterocycles. The minimum atomic E-state index is -3.88. The van der Waals surface area contributed by atoms with Gasteiger partial charge in [0.15, 0.2) is 0 Å². The molecule has 0 radical (unpaired) electrons. The Hall–Kier alpha value is -3.92. The van der Waals surface area contributed by atoms with Crippen LogP contribution in [0.4, 0.5) is 19.1 Å². The van der Waals surface area contributed by atoms with E-state index in [0.29, 0.717) is 23.4 Å². The number of fused-ring (bicyclic) bond motifs is 1. The van der Waals surface area contributed by atoms with Gasteiger partial charge in [-0.15, -0.1) is 0 Å². The van der Waals surface area contributed by atoms with E-state index in [2.05, 4.69) is 15.0 Å². The highest BCUT2D eigenvalue weighted by molar-refractivity contribution is 7.90. The lowest BCUT2D eigenvalue weighted by molar-refractivity contribution is 0.490. The molecule has 0 bridgehead atoms. The van der Waals surface area contributed by atoms with Crippen molar-refractivity contribution in [2.75, 3.05) is 12.0 Å². The molecule has 0 amide bonds. The second kappa shape index (κ2) is 11.4. The highest BCUT2D eigenvalue weighted by Crippen LogP contribution is 2.38. The van der Waals surface area contributed by atoms with Crippen LogP contribution in [0.1, 0.15) is 13.8 Å². The molecule has 3 aromatic carbocycles. The van der Waals surface area contributed by atoms with Crippen molar-refractivity contribution in [1.29, 1.82) is 0 Å². The maximum absolute atomic E-state index is 14.9. The number of halogens is 4. The second-order valence-electron chi connectivity index (χ2n) is 9.29. The lowest BCUT2D eigenvalue weighted by Crippen LogP contribution is -2.23. The zero-order valence-electron chi connectivity index (χ0n) is 22.1. The lowest BCUT2D eigenvalue weighted by Gasteiger charge is -2.11. The van der Waals surface area contributed by atoms with Crippen LogP contribution in [0.15, 0.2) is 54.6 Å². The molecular formula is C26H23ClF3N5O5S2. The maximum atomic E-state index is 14.9. The summed E-state index contributed by atoms with van der Waals surface area (Å²) in [5.41, 5.74) is 6.96. The van der Waals surface area contributed by atoms with Gasteiger partial charge in [-0.2, -0.15) is 8.42 Å². The molecule has 4 N–H and O–H groups in total. The van der Waals surface area contributed by atoms with E-state index in [4.69, 9.17) is 21.9 Å². The maximum Gasteiger partial charge on any atom is 0.261 e. The molecule has 2 aromatic heterocycles. The Morgan fingerprint density at radius 3 is 2.24 bits per heavy atom. The number of nitrogens with zero attached hydrogens (tertiary/aromatic N) is 3. The number of benzene rings is 3. The van der Waals surface area contributed by atoms with Crippen molar-refractivity contribution in [1.82, 2.24) is 18.9 Å². The van der Waals surface area contributed by atoms with E-state index in [1.54, 1.807) is 12.1 Å². The predicted molar refractivity (Wildman–Crippen MR) is 154 cm³/mol. The molecule has 42 heavy (non-hydrogen) atoms. The van der Waals surface area contributed by atoms with E-state index in [9.17, 15) is 30.0 Å². The number of nitrogens with one attached hydrogen (secondary N) is 1. The third kappa shape index (κ3) is 6.28. The van der Waals surface area contributed by atoms with Crippen LogP contribution >= 0.6 is 11.6 Å². The fourth-order valence-corrected chi connectivity index (χ4v) is 5.41. The number of nitrogens with two attached hydrogens (primary N) is 1. The van der Waals surface area contributed by atoms with Crippen molar-refractivity contribution in [3.63, 3.8) is 0 Å². The van der Waals surface area contributed by atoms with Crippen LogP contribution < -0.4 is 5.73 Å². The number of imidazole rings is 2. The number of H-pyrrole nitrogens is 1. The normalized spacial score (nSPS) is 12.0. The molecule has 5 rings (SSSR count). The summed E-state index contributed by atoms with van der Waals surface area (Å²) in [5.74, 6) is -2.54. The molecule has 2 heterocycles. The van der Waals surface area contributed by atoms with E-state index in [-0.39, 0.29) is 44.8 Å². The van der Waals surface area contributed by atoms with Crippen molar-refractivity contribution in [2.45, 2.75) is 19.1 Å². The third-order valence-electron chi connectivity index (χ3n) is 5.86. The van der Waals surface area contributed by atoms with Gasteiger partial charge in [-0.05, 0) is 50.2 Å². The summed E-state index contributed by atoms with van der Waals surface area (Å²) in [6.45, 7) is 3.02. The van der Waals surface area contributed by atoms with Gasteiger partial charge in [-0.1, -0.05) is 23.7 Å². The smallest absolute Gasteiger partial charge is 0.261 e. The summed E-state index contributed by atoms with van der Waals surface area (Å²) in [4.78, 5) is 11.6. The van der Waals surface area contributed by atoms with Gasteiger partial charge in [0.2, 0.25) is 16.0 Å². The van der Waals surface area contributed by atoms with Crippen LogP contribution in [0.2, 0.25) is 5.02 Å². The first kappa shape index (κ1) is 31.0. The zero-order chi connectivity index (χ0) is 31.1. The van der Waals surface area contributed by atoms with Crippen LogP contribution in [0.5, 0.6) is 0 Å². The highest BCUT2D eigenvalue weighted by Gasteiger charge is 2.26. The molecule has 0 fully saturated rings. The molecule has 0 aliphatic rings. The Kier molecular flexibility index (Phi) is 8.42. The Morgan fingerprint density at radius 2 is 1.64 bits per heavy atom. The average molecular weight is 642 g/mol.